The van der Waals surface area contributed by atoms with Crippen LogP contribution in [0, 0.1) is 13.8 Å². The van der Waals surface area contributed by atoms with E-state index in [2.05, 4.69) is 15.5 Å². The number of rotatable bonds is 5. The maximum absolute atomic E-state index is 9.57. The summed E-state index contributed by atoms with van der Waals surface area (Å²) in [5.74, 6) is 0.206. The van der Waals surface area contributed by atoms with Crippen molar-refractivity contribution in [1.82, 2.24) is 15.0 Å². The molecule has 0 spiro atoms. The van der Waals surface area contributed by atoms with Gasteiger partial charge in [0, 0.05) is 12.2 Å². The Morgan fingerprint density at radius 2 is 1.78 bits per heavy atom. The van der Waals surface area contributed by atoms with Crippen molar-refractivity contribution >= 4 is 28.3 Å². The van der Waals surface area contributed by atoms with Gasteiger partial charge in [-0.15, -0.1) is 21.8 Å². The molecular weight excluding hydrogens is 312 g/mol. The van der Waals surface area contributed by atoms with E-state index in [0.717, 1.165) is 28.0 Å². The van der Waals surface area contributed by atoms with Crippen LogP contribution in [0.15, 0.2) is 36.4 Å². The molecule has 5 nitrogen and oxygen atoms in total. The van der Waals surface area contributed by atoms with E-state index in [1.807, 2.05) is 50.2 Å². The molecule has 0 amide bonds. The van der Waals surface area contributed by atoms with E-state index in [1.165, 1.54) is 5.56 Å². The van der Waals surface area contributed by atoms with Crippen molar-refractivity contribution in [2.45, 2.75) is 20.0 Å². The molecule has 2 aromatic carbocycles. The van der Waals surface area contributed by atoms with Crippen LogP contribution in [-0.2, 0) is 0 Å². The molecule has 0 aliphatic carbocycles. The zero-order chi connectivity index (χ0) is 16.4. The van der Waals surface area contributed by atoms with Gasteiger partial charge in [0.25, 0.3) is 0 Å². The topological polar surface area (TPSA) is 63.0 Å². The third-order valence-corrected chi connectivity index (χ3v) is 4.05. The van der Waals surface area contributed by atoms with Crippen molar-refractivity contribution in [1.29, 1.82) is 0 Å². The van der Waals surface area contributed by atoms with Crippen LogP contribution >= 0.6 is 11.6 Å². The van der Waals surface area contributed by atoms with Crippen molar-refractivity contribution in [3.63, 3.8) is 0 Å². The molecule has 0 saturated carbocycles. The monoisotopic (exact) mass is 330 g/mol. The number of aryl methyl sites for hydroxylation is 2. The van der Waals surface area contributed by atoms with Crippen LogP contribution < -0.4 is 5.32 Å². The number of anilines is 1. The molecule has 3 rings (SSSR count). The summed E-state index contributed by atoms with van der Waals surface area (Å²) in [6.45, 7) is 4.45. The molecule has 0 bridgehead atoms. The van der Waals surface area contributed by atoms with Gasteiger partial charge >= 0.3 is 0 Å². The molecule has 0 aliphatic heterocycles. The van der Waals surface area contributed by atoms with E-state index in [4.69, 9.17) is 11.6 Å². The summed E-state index contributed by atoms with van der Waals surface area (Å²) >= 11 is 5.62. The standard InChI is InChI=1S/C17H19ClN4O/c1-11-3-5-13(6-4-11)22-20-16-7-12(2)15(8-17(16)21-22)19-10-14(23)9-18/h3-8,14,19,23H,9-10H2,1-2H3. The molecule has 3 aromatic rings. The van der Waals surface area contributed by atoms with Crippen LogP contribution in [0.2, 0.25) is 0 Å². The van der Waals surface area contributed by atoms with Crippen molar-refractivity contribution < 1.29 is 5.11 Å². The number of nitrogens with zero attached hydrogens (tertiary/aromatic N) is 3. The minimum absolute atomic E-state index is 0.206. The number of benzene rings is 2. The fourth-order valence-corrected chi connectivity index (χ4v) is 2.44. The Labute approximate surface area is 139 Å². The minimum atomic E-state index is -0.574. The molecule has 0 fully saturated rings. The Hall–Kier alpha value is -2.11. The number of aromatic nitrogens is 3. The van der Waals surface area contributed by atoms with Crippen molar-refractivity contribution in [2.75, 3.05) is 17.7 Å². The molecule has 23 heavy (non-hydrogen) atoms. The molecule has 0 radical (unpaired) electrons. The first-order chi connectivity index (χ1) is 11.1. The van der Waals surface area contributed by atoms with Gasteiger partial charge in [0.2, 0.25) is 0 Å². The van der Waals surface area contributed by atoms with Crippen LogP contribution in [0.5, 0.6) is 0 Å². The van der Waals surface area contributed by atoms with Crippen molar-refractivity contribution in [3.8, 4) is 5.69 Å². The molecule has 1 aromatic heterocycles. The van der Waals surface area contributed by atoms with Gasteiger partial charge in [-0.05, 0) is 43.7 Å². The lowest BCUT2D eigenvalue weighted by atomic mass is 10.1. The summed E-state index contributed by atoms with van der Waals surface area (Å²) in [5.41, 5.74) is 5.75. The molecule has 0 aliphatic rings. The molecule has 120 valence electrons. The average Bonchev–Trinajstić information content (AvgIpc) is 2.95. The predicted octanol–water partition coefficient (Wildman–Crippen LogP) is 3.05. The Morgan fingerprint density at radius 3 is 2.43 bits per heavy atom. The van der Waals surface area contributed by atoms with Gasteiger partial charge in [-0.2, -0.15) is 4.80 Å². The zero-order valence-corrected chi connectivity index (χ0v) is 13.9. The first-order valence-electron chi connectivity index (χ1n) is 7.49. The highest BCUT2D eigenvalue weighted by atomic mass is 35.5. The van der Waals surface area contributed by atoms with Gasteiger partial charge in [0.05, 0.1) is 17.7 Å². The normalized spacial score (nSPS) is 12.5. The SMILES string of the molecule is Cc1ccc(-n2nc3cc(C)c(NCC(O)CCl)cc3n2)cc1. The number of hydrogen-bond acceptors (Lipinski definition) is 4. The second-order valence-electron chi connectivity index (χ2n) is 5.67. The lowest BCUT2D eigenvalue weighted by Gasteiger charge is -2.11. The number of aliphatic hydroxyl groups excluding tert-OH is 1. The van der Waals surface area contributed by atoms with E-state index in [-0.39, 0.29) is 5.88 Å². The molecule has 1 unspecified atom stereocenters. The summed E-state index contributed by atoms with van der Waals surface area (Å²) in [6, 6.07) is 12.0. The second-order valence-corrected chi connectivity index (χ2v) is 5.98. The predicted molar refractivity (Wildman–Crippen MR) is 93.6 cm³/mol. The van der Waals surface area contributed by atoms with Gasteiger partial charge in [-0.3, -0.25) is 0 Å². The molecule has 1 atom stereocenters. The molecule has 1 heterocycles. The Kier molecular flexibility index (Phi) is 4.50. The molecular formula is C17H19ClN4O. The summed E-state index contributed by atoms with van der Waals surface area (Å²) in [7, 11) is 0. The zero-order valence-electron chi connectivity index (χ0n) is 13.1. The second kappa shape index (κ2) is 6.56. The summed E-state index contributed by atoms with van der Waals surface area (Å²) in [4.78, 5) is 1.64. The first kappa shape index (κ1) is 15.8. The molecule has 6 heteroatoms. The number of aliphatic hydroxyl groups is 1. The van der Waals surface area contributed by atoms with E-state index >= 15 is 0 Å². The van der Waals surface area contributed by atoms with Crippen LogP contribution in [0.4, 0.5) is 5.69 Å². The number of nitrogens with one attached hydrogen (secondary N) is 1. The van der Waals surface area contributed by atoms with E-state index in [0.29, 0.717) is 6.54 Å². The van der Waals surface area contributed by atoms with Gasteiger partial charge in [0.1, 0.15) is 11.0 Å². The number of halogens is 1. The minimum Gasteiger partial charge on any atom is -0.390 e. The highest BCUT2D eigenvalue weighted by Crippen LogP contribution is 2.22. The summed E-state index contributed by atoms with van der Waals surface area (Å²) in [6.07, 6.45) is -0.574. The Balaban J connectivity index is 1.92. The largest absolute Gasteiger partial charge is 0.390 e. The van der Waals surface area contributed by atoms with Crippen LogP contribution in [0.3, 0.4) is 0 Å². The maximum atomic E-state index is 9.57. The lowest BCUT2D eigenvalue weighted by Crippen LogP contribution is -2.21. The van der Waals surface area contributed by atoms with Gasteiger partial charge in [-0.1, -0.05) is 17.7 Å². The van der Waals surface area contributed by atoms with E-state index in [9.17, 15) is 5.11 Å². The van der Waals surface area contributed by atoms with Crippen molar-refractivity contribution in [2.24, 2.45) is 0 Å². The van der Waals surface area contributed by atoms with Crippen LogP contribution in [-0.4, -0.2) is 38.6 Å². The summed E-state index contributed by atoms with van der Waals surface area (Å²) in [5, 5.41) is 21.8. The fourth-order valence-electron chi connectivity index (χ4n) is 2.33. The highest BCUT2D eigenvalue weighted by Gasteiger charge is 2.09. The maximum Gasteiger partial charge on any atom is 0.115 e. The first-order valence-corrected chi connectivity index (χ1v) is 8.03. The molecule has 0 saturated heterocycles. The van der Waals surface area contributed by atoms with Gasteiger partial charge in [-0.25, -0.2) is 0 Å². The van der Waals surface area contributed by atoms with E-state index in [1.54, 1.807) is 4.80 Å². The smallest absolute Gasteiger partial charge is 0.115 e. The lowest BCUT2D eigenvalue weighted by molar-refractivity contribution is 0.211. The Bertz CT molecular complexity index is 813. The number of fused-ring (bicyclic) bond motifs is 1. The third-order valence-electron chi connectivity index (χ3n) is 3.70. The van der Waals surface area contributed by atoms with E-state index < -0.39 is 6.10 Å². The third kappa shape index (κ3) is 3.46. The van der Waals surface area contributed by atoms with Gasteiger partial charge < -0.3 is 10.4 Å². The molecule has 2 N–H and O–H groups in total. The average molecular weight is 331 g/mol. The fraction of sp³-hybridized carbons (Fsp3) is 0.294. The Morgan fingerprint density at radius 1 is 1.13 bits per heavy atom. The van der Waals surface area contributed by atoms with Crippen LogP contribution in [0.1, 0.15) is 11.1 Å². The quantitative estimate of drug-likeness (QED) is 0.706. The highest BCUT2D eigenvalue weighted by molar-refractivity contribution is 6.18. The van der Waals surface area contributed by atoms with Crippen LogP contribution in [0.25, 0.3) is 16.7 Å². The number of alkyl halides is 1. The number of hydrogen-bond donors (Lipinski definition) is 2. The van der Waals surface area contributed by atoms with Crippen molar-refractivity contribution in [3.05, 3.63) is 47.5 Å². The van der Waals surface area contributed by atoms with Gasteiger partial charge in [0.15, 0.2) is 0 Å². The summed E-state index contributed by atoms with van der Waals surface area (Å²) < 4.78 is 0.